The number of aromatic nitrogens is 3. The van der Waals surface area contributed by atoms with Gasteiger partial charge in [-0.25, -0.2) is 22.8 Å². The number of hydrogen-bond donors (Lipinski definition) is 3. The summed E-state index contributed by atoms with van der Waals surface area (Å²) in [6, 6.07) is 21.1. The van der Waals surface area contributed by atoms with Crippen molar-refractivity contribution in [2.75, 3.05) is 29.7 Å². The molecule has 2 heterocycles. The average Bonchev–Trinajstić information content (AvgIpc) is 3.44. The number of unbranched alkanes of at least 4 members (excludes halogenated alkanes) is 1. The largest absolute Gasteiger partial charge is 0.483 e. The van der Waals surface area contributed by atoms with Crippen molar-refractivity contribution < 1.29 is 22.7 Å². The van der Waals surface area contributed by atoms with Crippen LogP contribution in [0, 0.1) is 12.7 Å². The Morgan fingerprint density at radius 1 is 0.935 bits per heavy atom. The van der Waals surface area contributed by atoms with E-state index in [-0.39, 0.29) is 6.47 Å². The highest BCUT2D eigenvalue weighted by Crippen LogP contribution is 2.27. The molecular weight excluding hydrogens is 607 g/mol. The summed E-state index contributed by atoms with van der Waals surface area (Å²) in [7, 11) is -4.06. The molecule has 46 heavy (non-hydrogen) atoms. The Kier molecular flexibility index (Phi) is 11.8. The number of halogens is 1. The summed E-state index contributed by atoms with van der Waals surface area (Å²) < 4.78 is 44.4. The van der Waals surface area contributed by atoms with Crippen molar-refractivity contribution >= 4 is 44.6 Å². The Hall–Kier alpha value is -4.81. The fourth-order valence-corrected chi connectivity index (χ4v) is 6.22. The standard InChI is InChI=1S/C33H37FN6O2S.CH2O2/c1-4-39(5-2)17-6-7-18-40-19-16-26-21-25(9-14-31(26)40)30-22-33(36-23-35-30)37-27-10-12-28(13-11-27)38-43(41,42)32-15-8-24(3)20-29(32)34;2-1-3/h8-16,19-23,38H,4-7,17-18H2,1-3H3,(H,35,36,37);1H,(H,2,3). The lowest BCUT2D eigenvalue weighted by atomic mass is 10.1. The summed E-state index contributed by atoms with van der Waals surface area (Å²) in [5.41, 5.74) is 4.66. The van der Waals surface area contributed by atoms with Crippen molar-refractivity contribution in [2.45, 2.75) is 45.1 Å². The van der Waals surface area contributed by atoms with Crippen LogP contribution in [-0.2, 0) is 21.4 Å². The number of rotatable bonds is 13. The van der Waals surface area contributed by atoms with Crippen molar-refractivity contribution in [3.8, 4) is 11.3 Å². The monoisotopic (exact) mass is 646 g/mol. The van der Waals surface area contributed by atoms with Crippen LogP contribution in [-0.4, -0.2) is 59.1 Å². The molecule has 12 heteroatoms. The number of nitrogens with zero attached hydrogens (tertiary/aromatic N) is 4. The third-order valence-corrected chi connectivity index (χ3v) is 8.95. The lowest BCUT2D eigenvalue weighted by Crippen LogP contribution is -2.24. The molecule has 0 aliphatic heterocycles. The fourth-order valence-electron chi connectivity index (χ4n) is 5.10. The second-order valence-electron chi connectivity index (χ2n) is 10.7. The molecule has 0 amide bonds. The molecule has 0 aliphatic rings. The first-order valence-electron chi connectivity index (χ1n) is 15.0. The molecule has 0 radical (unpaired) electrons. The number of carbonyl (C=O) groups is 1. The zero-order valence-electron chi connectivity index (χ0n) is 26.1. The number of fused-ring (bicyclic) bond motifs is 1. The van der Waals surface area contributed by atoms with Gasteiger partial charge >= 0.3 is 0 Å². The van der Waals surface area contributed by atoms with Crippen molar-refractivity contribution in [1.29, 1.82) is 0 Å². The van der Waals surface area contributed by atoms with E-state index in [0.717, 1.165) is 49.2 Å². The Bertz CT molecular complexity index is 1860. The lowest BCUT2D eigenvalue weighted by Gasteiger charge is -2.17. The van der Waals surface area contributed by atoms with Crippen LogP contribution in [0.1, 0.15) is 32.3 Å². The molecule has 242 valence electrons. The molecule has 10 nitrogen and oxygen atoms in total. The first-order chi connectivity index (χ1) is 22.2. The Morgan fingerprint density at radius 3 is 2.35 bits per heavy atom. The highest BCUT2D eigenvalue weighted by molar-refractivity contribution is 7.92. The van der Waals surface area contributed by atoms with E-state index in [0.29, 0.717) is 22.8 Å². The van der Waals surface area contributed by atoms with Crippen molar-refractivity contribution in [2.24, 2.45) is 0 Å². The summed E-state index contributed by atoms with van der Waals surface area (Å²) in [5.74, 6) is -0.186. The van der Waals surface area contributed by atoms with E-state index in [4.69, 9.17) is 9.90 Å². The fraction of sp³-hybridized carbons (Fsp3) is 0.265. The molecule has 3 aromatic carbocycles. The van der Waals surface area contributed by atoms with Crippen LogP contribution in [0.15, 0.2) is 90.2 Å². The molecule has 2 aromatic heterocycles. The number of sulfonamides is 1. The maximum Gasteiger partial charge on any atom is 0.290 e. The van der Waals surface area contributed by atoms with Gasteiger partial charge in [-0.2, -0.15) is 0 Å². The van der Waals surface area contributed by atoms with Crippen LogP contribution in [0.5, 0.6) is 0 Å². The normalized spacial score (nSPS) is 11.2. The van der Waals surface area contributed by atoms with Gasteiger partial charge in [0.2, 0.25) is 0 Å². The molecule has 3 N–H and O–H groups in total. The van der Waals surface area contributed by atoms with Gasteiger partial charge in [0.25, 0.3) is 16.5 Å². The topological polar surface area (TPSA) is 129 Å². The van der Waals surface area contributed by atoms with Gasteiger partial charge in [-0.05, 0) is 99.6 Å². The van der Waals surface area contributed by atoms with E-state index in [1.54, 1.807) is 37.3 Å². The van der Waals surface area contributed by atoms with Crippen molar-refractivity contribution in [3.05, 3.63) is 96.7 Å². The minimum atomic E-state index is -4.06. The number of anilines is 3. The number of hydrogen-bond acceptors (Lipinski definition) is 7. The highest BCUT2D eigenvalue weighted by atomic mass is 32.2. The first-order valence-corrected chi connectivity index (χ1v) is 16.5. The molecule has 0 saturated carbocycles. The summed E-state index contributed by atoms with van der Waals surface area (Å²) in [4.78, 5) is 19.3. The molecule has 0 saturated heterocycles. The Labute approximate surface area is 269 Å². The zero-order chi connectivity index (χ0) is 33.1. The maximum absolute atomic E-state index is 14.2. The SMILES string of the molecule is CCN(CC)CCCCn1ccc2cc(-c3cc(Nc4ccc(NS(=O)(=O)c5ccc(C)cc5F)cc4)ncn3)ccc21.O=CO. The molecule has 0 spiro atoms. The zero-order valence-corrected chi connectivity index (χ0v) is 27.0. The van der Waals surface area contributed by atoms with E-state index >= 15 is 0 Å². The molecule has 0 fully saturated rings. The third kappa shape index (κ3) is 8.89. The van der Waals surface area contributed by atoms with Gasteiger partial charge in [-0.3, -0.25) is 9.52 Å². The molecule has 0 aliphatic carbocycles. The quantitative estimate of drug-likeness (QED) is 0.0930. The highest BCUT2D eigenvalue weighted by Gasteiger charge is 2.19. The minimum Gasteiger partial charge on any atom is -0.483 e. The van der Waals surface area contributed by atoms with Crippen LogP contribution in [0.2, 0.25) is 0 Å². The van der Waals surface area contributed by atoms with Crippen LogP contribution in [0.4, 0.5) is 21.6 Å². The number of benzene rings is 3. The third-order valence-electron chi connectivity index (χ3n) is 7.54. The lowest BCUT2D eigenvalue weighted by molar-refractivity contribution is -0.122. The summed E-state index contributed by atoms with van der Waals surface area (Å²) >= 11 is 0. The average molecular weight is 647 g/mol. The van der Waals surface area contributed by atoms with Gasteiger partial charge in [-0.1, -0.05) is 26.0 Å². The summed E-state index contributed by atoms with van der Waals surface area (Å²) in [6.07, 6.45) is 5.99. The molecule has 0 bridgehead atoms. The van der Waals surface area contributed by atoms with Gasteiger partial charge in [-0.15, -0.1) is 0 Å². The maximum atomic E-state index is 14.2. The summed E-state index contributed by atoms with van der Waals surface area (Å²) in [6.45, 7) is 10.2. The Morgan fingerprint density at radius 2 is 1.65 bits per heavy atom. The van der Waals surface area contributed by atoms with E-state index in [1.165, 1.54) is 30.4 Å². The number of carboxylic acid groups (broad SMARTS) is 1. The van der Waals surface area contributed by atoms with Gasteiger partial charge in [0, 0.05) is 46.6 Å². The predicted octanol–water partition coefficient (Wildman–Crippen LogP) is 6.91. The van der Waals surface area contributed by atoms with E-state index in [1.807, 2.05) is 6.07 Å². The second kappa shape index (κ2) is 16.0. The van der Waals surface area contributed by atoms with Gasteiger partial charge in [0.15, 0.2) is 0 Å². The second-order valence-corrected chi connectivity index (χ2v) is 12.3. The minimum absolute atomic E-state index is 0.250. The van der Waals surface area contributed by atoms with Crippen LogP contribution in [0.25, 0.3) is 22.2 Å². The van der Waals surface area contributed by atoms with Gasteiger partial charge < -0.3 is 19.9 Å². The van der Waals surface area contributed by atoms with Crippen molar-refractivity contribution in [1.82, 2.24) is 19.4 Å². The number of aryl methyl sites for hydroxylation is 2. The first kappa shape index (κ1) is 34.1. The van der Waals surface area contributed by atoms with E-state index in [9.17, 15) is 12.8 Å². The molecule has 0 unspecified atom stereocenters. The molecule has 5 aromatic rings. The van der Waals surface area contributed by atoms with E-state index < -0.39 is 20.7 Å². The molecule has 0 atom stereocenters. The van der Waals surface area contributed by atoms with Crippen LogP contribution in [0.3, 0.4) is 0 Å². The van der Waals surface area contributed by atoms with Gasteiger partial charge in [0.05, 0.1) is 5.69 Å². The Balaban J connectivity index is 0.00000154. The van der Waals surface area contributed by atoms with Gasteiger partial charge in [0.1, 0.15) is 22.9 Å². The smallest absolute Gasteiger partial charge is 0.290 e. The van der Waals surface area contributed by atoms with Crippen LogP contribution < -0.4 is 10.0 Å². The van der Waals surface area contributed by atoms with E-state index in [2.05, 4.69) is 73.8 Å². The van der Waals surface area contributed by atoms with Crippen molar-refractivity contribution in [3.63, 3.8) is 0 Å². The molecular formula is C34H39FN6O4S. The van der Waals surface area contributed by atoms with Crippen LogP contribution >= 0.6 is 0 Å². The molecule has 5 rings (SSSR count). The summed E-state index contributed by atoms with van der Waals surface area (Å²) in [5, 5.41) is 11.3. The predicted molar refractivity (Wildman–Crippen MR) is 180 cm³/mol. The number of nitrogens with one attached hydrogen (secondary N) is 2.